The van der Waals surface area contributed by atoms with Gasteiger partial charge in [-0.05, 0) is 49.7 Å². The molecule has 0 aliphatic heterocycles. The van der Waals surface area contributed by atoms with Gasteiger partial charge in [-0.1, -0.05) is 37.1 Å². The number of aliphatic hydroxyl groups excluding tert-OH is 2. The Morgan fingerprint density at radius 1 is 0.556 bits per heavy atom. The standard InChI is InChI=1S/C16H26O2/c17-13-5-2-1-3-7-15-9-11-16(12-10-15)8-4-6-14-18/h9-12,17-18H,1-8,13-14H2. The Balaban J connectivity index is 2.19. The van der Waals surface area contributed by atoms with Crippen molar-refractivity contribution in [2.45, 2.75) is 51.4 Å². The molecule has 102 valence electrons. The van der Waals surface area contributed by atoms with E-state index in [1.807, 2.05) is 0 Å². The maximum absolute atomic E-state index is 8.73. The first-order valence-electron chi connectivity index (χ1n) is 7.16. The molecular weight excluding hydrogens is 224 g/mol. The Bertz CT molecular complexity index is 292. The third-order valence-corrected chi connectivity index (χ3v) is 3.27. The number of aliphatic hydroxyl groups is 2. The van der Waals surface area contributed by atoms with Crippen LogP contribution in [0, 0.1) is 0 Å². The van der Waals surface area contributed by atoms with Crippen LogP contribution < -0.4 is 0 Å². The zero-order valence-corrected chi connectivity index (χ0v) is 11.3. The largest absolute Gasteiger partial charge is 0.396 e. The van der Waals surface area contributed by atoms with E-state index in [0.29, 0.717) is 13.2 Å². The summed E-state index contributed by atoms with van der Waals surface area (Å²) >= 11 is 0. The summed E-state index contributed by atoms with van der Waals surface area (Å²) in [4.78, 5) is 0. The minimum atomic E-state index is 0.298. The quantitative estimate of drug-likeness (QED) is 0.626. The molecule has 0 aliphatic carbocycles. The highest BCUT2D eigenvalue weighted by Gasteiger charge is 1.96. The maximum atomic E-state index is 8.73. The van der Waals surface area contributed by atoms with Crippen LogP contribution in [0.1, 0.15) is 49.7 Å². The molecule has 1 aromatic rings. The number of rotatable bonds is 10. The minimum absolute atomic E-state index is 0.298. The second-order valence-corrected chi connectivity index (χ2v) is 4.89. The third kappa shape index (κ3) is 6.77. The van der Waals surface area contributed by atoms with Crippen molar-refractivity contribution < 1.29 is 10.2 Å². The Hall–Kier alpha value is -0.860. The van der Waals surface area contributed by atoms with Crippen molar-refractivity contribution >= 4 is 0 Å². The summed E-state index contributed by atoms with van der Waals surface area (Å²) in [5, 5.41) is 17.4. The van der Waals surface area contributed by atoms with Gasteiger partial charge in [-0.2, -0.15) is 0 Å². The van der Waals surface area contributed by atoms with Crippen LogP contribution in [-0.4, -0.2) is 23.4 Å². The minimum Gasteiger partial charge on any atom is -0.396 e. The molecule has 1 aromatic carbocycles. The molecule has 0 bridgehead atoms. The highest BCUT2D eigenvalue weighted by molar-refractivity contribution is 5.22. The van der Waals surface area contributed by atoms with E-state index < -0.39 is 0 Å². The van der Waals surface area contributed by atoms with Crippen LogP contribution in [0.15, 0.2) is 24.3 Å². The molecule has 0 atom stereocenters. The molecule has 0 fully saturated rings. The Morgan fingerprint density at radius 2 is 0.944 bits per heavy atom. The van der Waals surface area contributed by atoms with Crippen molar-refractivity contribution in [1.29, 1.82) is 0 Å². The van der Waals surface area contributed by atoms with Gasteiger partial charge in [-0.3, -0.25) is 0 Å². The van der Waals surface area contributed by atoms with Gasteiger partial charge in [0.1, 0.15) is 0 Å². The molecule has 2 heteroatoms. The molecule has 0 heterocycles. The summed E-state index contributed by atoms with van der Waals surface area (Å²) in [6.07, 6.45) is 8.66. The van der Waals surface area contributed by atoms with Crippen LogP contribution in [0.3, 0.4) is 0 Å². The summed E-state index contributed by atoms with van der Waals surface area (Å²) < 4.78 is 0. The van der Waals surface area contributed by atoms with E-state index >= 15 is 0 Å². The van der Waals surface area contributed by atoms with Crippen molar-refractivity contribution in [3.63, 3.8) is 0 Å². The van der Waals surface area contributed by atoms with E-state index in [1.54, 1.807) is 0 Å². The van der Waals surface area contributed by atoms with E-state index in [4.69, 9.17) is 10.2 Å². The molecule has 2 nitrogen and oxygen atoms in total. The number of hydrogen-bond donors (Lipinski definition) is 2. The smallest absolute Gasteiger partial charge is 0.0431 e. The van der Waals surface area contributed by atoms with Gasteiger partial charge in [-0.15, -0.1) is 0 Å². The lowest BCUT2D eigenvalue weighted by Crippen LogP contribution is -1.91. The van der Waals surface area contributed by atoms with Gasteiger partial charge in [0, 0.05) is 13.2 Å². The molecule has 0 saturated heterocycles. The molecular formula is C16H26O2. The summed E-state index contributed by atoms with van der Waals surface area (Å²) in [6.45, 7) is 0.620. The fourth-order valence-corrected chi connectivity index (χ4v) is 2.11. The molecule has 0 radical (unpaired) electrons. The average Bonchev–Trinajstić information content (AvgIpc) is 2.40. The molecule has 0 aliphatic rings. The first-order chi connectivity index (χ1) is 8.86. The van der Waals surface area contributed by atoms with Gasteiger partial charge in [0.05, 0.1) is 0 Å². The second kappa shape index (κ2) is 10.1. The summed E-state index contributed by atoms with van der Waals surface area (Å²) in [7, 11) is 0. The average molecular weight is 250 g/mol. The highest BCUT2D eigenvalue weighted by Crippen LogP contribution is 2.11. The maximum Gasteiger partial charge on any atom is 0.0431 e. The molecule has 18 heavy (non-hydrogen) atoms. The lowest BCUT2D eigenvalue weighted by atomic mass is 10.0. The predicted octanol–water partition coefficient (Wildman–Crippen LogP) is 3.10. The summed E-state index contributed by atoms with van der Waals surface area (Å²) in [6, 6.07) is 8.86. The predicted molar refractivity (Wildman–Crippen MR) is 75.7 cm³/mol. The fraction of sp³-hybridized carbons (Fsp3) is 0.625. The van der Waals surface area contributed by atoms with Crippen LogP contribution in [0.25, 0.3) is 0 Å². The summed E-state index contributed by atoms with van der Waals surface area (Å²) in [5.74, 6) is 0. The van der Waals surface area contributed by atoms with Gasteiger partial charge in [0.2, 0.25) is 0 Å². The molecule has 0 aromatic heterocycles. The van der Waals surface area contributed by atoms with E-state index in [9.17, 15) is 0 Å². The highest BCUT2D eigenvalue weighted by atomic mass is 16.3. The van der Waals surface area contributed by atoms with Gasteiger partial charge >= 0.3 is 0 Å². The van der Waals surface area contributed by atoms with Crippen molar-refractivity contribution in [1.82, 2.24) is 0 Å². The molecule has 0 spiro atoms. The van der Waals surface area contributed by atoms with Crippen molar-refractivity contribution in [3.8, 4) is 0 Å². The zero-order chi connectivity index (χ0) is 13.1. The molecule has 2 N–H and O–H groups in total. The van der Waals surface area contributed by atoms with Crippen LogP contribution in [-0.2, 0) is 12.8 Å². The van der Waals surface area contributed by atoms with E-state index in [0.717, 1.165) is 38.5 Å². The van der Waals surface area contributed by atoms with E-state index in [1.165, 1.54) is 24.0 Å². The molecule has 0 saturated carbocycles. The van der Waals surface area contributed by atoms with E-state index in [2.05, 4.69) is 24.3 Å². The molecule has 0 amide bonds. The number of aryl methyl sites for hydroxylation is 2. The topological polar surface area (TPSA) is 40.5 Å². The first-order valence-corrected chi connectivity index (χ1v) is 7.16. The number of hydrogen-bond acceptors (Lipinski definition) is 2. The number of unbranched alkanes of at least 4 members (excludes halogenated alkanes) is 4. The van der Waals surface area contributed by atoms with Crippen LogP contribution in [0.5, 0.6) is 0 Å². The normalized spacial score (nSPS) is 10.8. The monoisotopic (exact) mass is 250 g/mol. The summed E-state index contributed by atoms with van der Waals surface area (Å²) in [5.41, 5.74) is 2.78. The van der Waals surface area contributed by atoms with Gasteiger partial charge in [-0.25, -0.2) is 0 Å². The second-order valence-electron chi connectivity index (χ2n) is 4.89. The fourth-order valence-electron chi connectivity index (χ4n) is 2.11. The SMILES string of the molecule is OCCCCCCc1ccc(CCCCO)cc1. The van der Waals surface area contributed by atoms with Gasteiger partial charge in [0.15, 0.2) is 0 Å². The zero-order valence-electron chi connectivity index (χ0n) is 11.3. The van der Waals surface area contributed by atoms with Crippen molar-refractivity contribution in [3.05, 3.63) is 35.4 Å². The Morgan fingerprint density at radius 3 is 1.44 bits per heavy atom. The Labute approximate surface area is 111 Å². The molecule has 1 rings (SSSR count). The lowest BCUT2D eigenvalue weighted by Gasteiger charge is -2.04. The lowest BCUT2D eigenvalue weighted by molar-refractivity contribution is 0.282. The Kier molecular flexibility index (Phi) is 8.53. The van der Waals surface area contributed by atoms with Gasteiger partial charge < -0.3 is 10.2 Å². The number of benzene rings is 1. The molecule has 0 unspecified atom stereocenters. The van der Waals surface area contributed by atoms with Crippen LogP contribution in [0.2, 0.25) is 0 Å². The van der Waals surface area contributed by atoms with Crippen molar-refractivity contribution in [2.24, 2.45) is 0 Å². The van der Waals surface area contributed by atoms with Gasteiger partial charge in [0.25, 0.3) is 0 Å². The van der Waals surface area contributed by atoms with Crippen LogP contribution >= 0.6 is 0 Å². The third-order valence-electron chi connectivity index (χ3n) is 3.27. The van der Waals surface area contributed by atoms with Crippen molar-refractivity contribution in [2.75, 3.05) is 13.2 Å². The van der Waals surface area contributed by atoms with E-state index in [-0.39, 0.29) is 0 Å². The first kappa shape index (κ1) is 15.2. The van der Waals surface area contributed by atoms with Crippen LogP contribution in [0.4, 0.5) is 0 Å².